The number of hydrogen-bond donors (Lipinski definition) is 0. The molecule has 57 heavy (non-hydrogen) atoms. The van der Waals surface area contributed by atoms with Crippen molar-refractivity contribution >= 4 is 72.4 Å². The fourth-order valence-electron chi connectivity index (χ4n) is 8.44. The molecule has 0 fully saturated rings. The molecule has 0 saturated heterocycles. The van der Waals surface area contributed by atoms with Crippen molar-refractivity contribution in [1.82, 2.24) is 9.13 Å². The van der Waals surface area contributed by atoms with Gasteiger partial charge in [-0.1, -0.05) is 182 Å². The molecule has 0 atom stereocenters. The number of para-hydroxylation sites is 2. The van der Waals surface area contributed by atoms with Crippen molar-refractivity contribution in [3.63, 3.8) is 0 Å². The number of hydrogen-bond acceptors (Lipinski definition) is 0. The first kappa shape index (κ1) is 21.8. The number of aromatic nitrogens is 2. The average molecular weight is 757 g/mol. The van der Waals surface area contributed by atoms with Crippen LogP contribution in [0.2, 0.25) is 0 Å². The summed E-state index contributed by atoms with van der Waals surface area (Å²) in [6, 6.07) is 38.9. The van der Waals surface area contributed by atoms with E-state index in [0.717, 1.165) is 25.3 Å². The van der Waals surface area contributed by atoms with E-state index in [1.54, 1.807) is 36.4 Å². The highest BCUT2D eigenvalue weighted by atomic mass is 28.3. The maximum absolute atomic E-state index is 10.2. The van der Waals surface area contributed by atoms with Gasteiger partial charge < -0.3 is 9.13 Å². The zero-order valence-corrected chi connectivity index (χ0v) is 31.3. The minimum atomic E-state index is -3.22. The third kappa shape index (κ3) is 5.17. The van der Waals surface area contributed by atoms with Crippen LogP contribution in [0.3, 0.4) is 0 Å². The molecule has 0 unspecified atom stereocenters. The molecule has 0 aliphatic heterocycles. The van der Waals surface area contributed by atoms with Crippen LogP contribution in [-0.2, 0) is 0 Å². The number of benzene rings is 9. The van der Waals surface area contributed by atoms with Crippen molar-refractivity contribution in [1.29, 1.82) is 0 Å². The molecule has 268 valence electrons. The molecule has 0 amide bonds. The summed E-state index contributed by atoms with van der Waals surface area (Å²) in [4.78, 5) is 0. The first-order valence-electron chi connectivity index (χ1n) is 25.6. The maximum Gasteiger partial charge on any atom is 0.179 e. The second-order valence-corrected chi connectivity index (χ2v) is 17.6. The quantitative estimate of drug-likeness (QED) is 0.113. The third-order valence-corrected chi connectivity index (χ3v) is 15.6. The Balaban J connectivity index is 1.32. The van der Waals surface area contributed by atoms with Gasteiger partial charge in [0.2, 0.25) is 0 Å². The topological polar surface area (TPSA) is 9.86 Å². The zero-order chi connectivity index (χ0) is 49.9. The highest BCUT2D eigenvalue weighted by Gasteiger charge is 2.41. The Morgan fingerprint density at radius 3 is 1.53 bits per heavy atom. The van der Waals surface area contributed by atoms with E-state index >= 15 is 0 Å². The second kappa shape index (κ2) is 13.5. The Morgan fingerprint density at radius 2 is 0.877 bits per heavy atom. The summed E-state index contributed by atoms with van der Waals surface area (Å²) in [5.74, 6) is 0. The van der Waals surface area contributed by atoms with Gasteiger partial charge in [-0.3, -0.25) is 0 Å². The van der Waals surface area contributed by atoms with Gasteiger partial charge in [0, 0.05) is 32.9 Å². The monoisotopic (exact) mass is 756 g/mol. The van der Waals surface area contributed by atoms with Gasteiger partial charge in [0.15, 0.2) is 8.07 Å². The summed E-state index contributed by atoms with van der Waals surface area (Å²) >= 11 is 0. The Kier molecular flexibility index (Phi) is 5.17. The molecule has 0 bridgehead atoms. The summed E-state index contributed by atoms with van der Waals surface area (Å²) in [6.45, 7) is 0. The summed E-state index contributed by atoms with van der Waals surface area (Å²) < 4.78 is 133. The molecule has 2 nitrogen and oxygen atoms in total. The van der Waals surface area contributed by atoms with Crippen LogP contribution in [0.5, 0.6) is 0 Å². The Labute approximate surface area is 352 Å². The Hall–Kier alpha value is -7.20. The van der Waals surface area contributed by atoms with Gasteiger partial charge in [0.1, 0.15) is 0 Å². The molecular weight excluding hydrogens is 705 g/mol. The van der Waals surface area contributed by atoms with Crippen molar-refractivity contribution in [3.05, 3.63) is 230 Å². The van der Waals surface area contributed by atoms with Crippen LogP contribution in [-0.4, -0.2) is 17.2 Å². The van der Waals surface area contributed by atoms with Gasteiger partial charge in [-0.2, -0.15) is 0 Å². The molecule has 2 aromatic heterocycles. The van der Waals surface area contributed by atoms with Gasteiger partial charge in [0.25, 0.3) is 0 Å². The SMILES string of the molecule is [2H]c1c([2H])c([2H])c2c(c1[2H])c1c([2H])c(-n3c4c([2H])c([2H])c([2H])c([2H])c4c4c(-c5ccccc5)c([2H])c([2H])c([2H])c43)c([2H])c([2H])c1n2-c1cccc([Si](c2ccccc2)(c2ccccc2)c2ccccc2)c1. The molecular formula is C54H38N2Si. The normalized spacial score (nSPS) is 15.3. The predicted molar refractivity (Wildman–Crippen MR) is 244 cm³/mol. The van der Waals surface area contributed by atoms with E-state index in [4.69, 9.17) is 8.22 Å². The molecule has 0 spiro atoms. The smallest absolute Gasteiger partial charge is 0.179 e. The number of fused-ring (bicyclic) bond motifs is 6. The molecule has 0 aliphatic rings. The first-order valence-corrected chi connectivity index (χ1v) is 20.6. The molecule has 0 N–H and O–H groups in total. The lowest BCUT2D eigenvalue weighted by Crippen LogP contribution is -2.74. The van der Waals surface area contributed by atoms with E-state index in [-0.39, 0.29) is 55.2 Å². The van der Waals surface area contributed by atoms with Crippen LogP contribution in [0.4, 0.5) is 0 Å². The van der Waals surface area contributed by atoms with E-state index in [1.807, 2.05) is 72.8 Å². The molecule has 11 aromatic rings. The fraction of sp³-hybridized carbons (Fsp3) is 0. The molecule has 2 heterocycles. The molecule has 0 aliphatic carbocycles. The van der Waals surface area contributed by atoms with Crippen molar-refractivity contribution in [2.45, 2.75) is 0 Å². The van der Waals surface area contributed by atoms with Gasteiger partial charge >= 0.3 is 0 Å². The lowest BCUT2D eigenvalue weighted by molar-refractivity contribution is 1.17. The molecule has 9 aromatic carbocycles. The Morgan fingerprint density at radius 1 is 0.368 bits per heavy atom. The van der Waals surface area contributed by atoms with E-state index in [2.05, 4.69) is 36.4 Å². The molecule has 3 heteroatoms. The summed E-state index contributed by atoms with van der Waals surface area (Å²) in [5, 5.41) is 3.71. The molecule has 0 radical (unpaired) electrons. The highest BCUT2D eigenvalue weighted by molar-refractivity contribution is 7.19. The molecule has 11 rings (SSSR count). The van der Waals surface area contributed by atoms with Crippen molar-refractivity contribution < 1.29 is 19.2 Å². The largest absolute Gasteiger partial charge is 0.309 e. The van der Waals surface area contributed by atoms with Crippen molar-refractivity contribution in [2.24, 2.45) is 0 Å². The van der Waals surface area contributed by atoms with E-state index in [1.165, 1.54) is 4.57 Å². The van der Waals surface area contributed by atoms with Gasteiger partial charge in [-0.05, 0) is 80.3 Å². The minimum absolute atomic E-state index is 0.0127. The highest BCUT2D eigenvalue weighted by Crippen LogP contribution is 2.40. The van der Waals surface area contributed by atoms with Crippen molar-refractivity contribution in [3.8, 4) is 22.5 Å². The van der Waals surface area contributed by atoms with Crippen LogP contribution in [0.1, 0.15) is 19.2 Å². The van der Waals surface area contributed by atoms with Crippen LogP contribution in [0.25, 0.3) is 66.1 Å². The zero-order valence-electron chi connectivity index (χ0n) is 44.3. The number of nitrogens with zero attached hydrogens (tertiary/aromatic N) is 2. The van der Waals surface area contributed by atoms with Gasteiger partial charge in [-0.15, -0.1) is 0 Å². The third-order valence-electron chi connectivity index (χ3n) is 10.8. The van der Waals surface area contributed by atoms with Gasteiger partial charge in [-0.25, -0.2) is 0 Å². The second-order valence-electron chi connectivity index (χ2n) is 13.8. The van der Waals surface area contributed by atoms with Crippen LogP contribution >= 0.6 is 0 Å². The standard InChI is InChI=1S/C54H38N2Si/c1-5-19-39(20-6-1)46-31-18-34-53-54(46)48-30-14-16-33-51(48)56(53)41-35-36-52-49(38-41)47-29-13-15-32-50(47)55(52)40-21-17-28-45(37-40)57(42-22-7-2-8-23-42,43-24-9-3-10-25-43)44-26-11-4-12-27-44/h1-38H/i13D,14D,15D,16D,18D,29D,30D,31D,32D,33D,34D,35D,36D,38D. The fourth-order valence-corrected chi connectivity index (χ4v) is 13.2. The van der Waals surface area contributed by atoms with Crippen LogP contribution in [0, 0.1) is 0 Å². The van der Waals surface area contributed by atoms with E-state index in [9.17, 15) is 11.0 Å². The number of rotatable bonds is 7. The van der Waals surface area contributed by atoms with Gasteiger partial charge in [0.05, 0.1) is 41.3 Å². The lowest BCUT2D eigenvalue weighted by Gasteiger charge is -2.34. The first-order chi connectivity index (χ1) is 34.1. The van der Waals surface area contributed by atoms with E-state index in [0.29, 0.717) is 11.3 Å². The van der Waals surface area contributed by atoms with E-state index < -0.39 is 92.3 Å². The molecule has 0 saturated carbocycles. The average Bonchev–Trinajstić information content (AvgIpc) is 3.94. The predicted octanol–water partition coefficient (Wildman–Crippen LogP) is 10.9. The summed E-state index contributed by atoms with van der Waals surface area (Å²) in [7, 11) is -3.22. The maximum atomic E-state index is 10.2. The summed E-state index contributed by atoms with van der Waals surface area (Å²) in [6.07, 6.45) is 0. The summed E-state index contributed by atoms with van der Waals surface area (Å²) in [5.41, 5.74) is -0.120. The minimum Gasteiger partial charge on any atom is -0.309 e. The van der Waals surface area contributed by atoms with Crippen LogP contribution < -0.4 is 20.7 Å². The Bertz CT molecular complexity index is 3930. The van der Waals surface area contributed by atoms with Crippen LogP contribution in [0.15, 0.2) is 230 Å². The lowest BCUT2D eigenvalue weighted by atomic mass is 9.99. The van der Waals surface area contributed by atoms with Crippen molar-refractivity contribution in [2.75, 3.05) is 0 Å².